The number of thiophene rings is 1. The third-order valence-electron chi connectivity index (χ3n) is 4.45. The first-order valence-corrected chi connectivity index (χ1v) is 11.2. The summed E-state index contributed by atoms with van der Waals surface area (Å²) in [5.74, 6) is 0.00261. The second-order valence-corrected chi connectivity index (χ2v) is 8.30. The molecule has 0 spiro atoms. The van der Waals surface area contributed by atoms with Crippen molar-refractivity contribution >= 4 is 44.9 Å². The van der Waals surface area contributed by atoms with Gasteiger partial charge in [-0.2, -0.15) is 0 Å². The summed E-state index contributed by atoms with van der Waals surface area (Å²) in [5.41, 5.74) is 2.48. The van der Waals surface area contributed by atoms with Gasteiger partial charge in [0.05, 0.1) is 11.1 Å². The minimum absolute atomic E-state index is 0.119. The smallest absolute Gasteiger partial charge is 0.263 e. The molecule has 0 aliphatic carbocycles. The van der Waals surface area contributed by atoms with Gasteiger partial charge in [-0.25, -0.2) is 4.98 Å². The maximum Gasteiger partial charge on any atom is 0.263 e. The number of nitrogens with one attached hydrogen (secondary N) is 1. The van der Waals surface area contributed by atoms with E-state index in [1.165, 1.54) is 23.1 Å². The van der Waals surface area contributed by atoms with Crippen LogP contribution in [0.5, 0.6) is 0 Å². The molecule has 150 valence electrons. The van der Waals surface area contributed by atoms with Crippen LogP contribution >= 0.6 is 23.1 Å². The molecule has 2 heterocycles. The van der Waals surface area contributed by atoms with Crippen molar-refractivity contribution in [2.24, 2.45) is 0 Å². The van der Waals surface area contributed by atoms with Gasteiger partial charge in [0.1, 0.15) is 4.83 Å². The Morgan fingerprint density at radius 2 is 1.83 bits per heavy atom. The number of allylic oxidation sites excluding steroid dienone is 1. The van der Waals surface area contributed by atoms with Crippen molar-refractivity contribution in [1.82, 2.24) is 9.55 Å². The molecule has 0 bridgehead atoms. The summed E-state index contributed by atoms with van der Waals surface area (Å²) >= 11 is 2.68. The number of thioether (sulfide) groups is 1. The Morgan fingerprint density at radius 3 is 2.53 bits per heavy atom. The SMILES string of the molecule is C=CCn1c(SCC(=O)Nc2ccccc2)nc2scc(-c3ccccc3)c2c1=O. The summed E-state index contributed by atoms with van der Waals surface area (Å²) in [5, 5.41) is 5.92. The van der Waals surface area contributed by atoms with Crippen LogP contribution in [0.15, 0.2) is 88.6 Å². The first-order chi connectivity index (χ1) is 14.7. The summed E-state index contributed by atoms with van der Waals surface area (Å²) in [6.45, 7) is 4.09. The highest BCUT2D eigenvalue weighted by atomic mass is 32.2. The third kappa shape index (κ3) is 4.22. The number of carbonyl (C=O) groups is 1. The topological polar surface area (TPSA) is 64.0 Å². The summed E-state index contributed by atoms with van der Waals surface area (Å²) in [7, 11) is 0. The number of aromatic nitrogens is 2. The van der Waals surface area contributed by atoms with Crippen LogP contribution in [-0.2, 0) is 11.3 Å². The number of carbonyl (C=O) groups excluding carboxylic acids is 1. The van der Waals surface area contributed by atoms with Crippen molar-refractivity contribution in [2.45, 2.75) is 11.7 Å². The molecule has 4 rings (SSSR count). The number of hydrogen-bond donors (Lipinski definition) is 1. The van der Waals surface area contributed by atoms with Gasteiger partial charge in [0, 0.05) is 23.2 Å². The van der Waals surface area contributed by atoms with E-state index >= 15 is 0 Å². The fraction of sp³-hybridized carbons (Fsp3) is 0.0870. The van der Waals surface area contributed by atoms with Crippen molar-refractivity contribution in [3.63, 3.8) is 0 Å². The third-order valence-corrected chi connectivity index (χ3v) is 6.29. The van der Waals surface area contributed by atoms with E-state index in [0.717, 1.165) is 16.8 Å². The van der Waals surface area contributed by atoms with Crippen LogP contribution in [0.25, 0.3) is 21.3 Å². The van der Waals surface area contributed by atoms with Gasteiger partial charge in [0.25, 0.3) is 5.56 Å². The van der Waals surface area contributed by atoms with Crippen LogP contribution in [0.1, 0.15) is 0 Å². The molecule has 0 radical (unpaired) electrons. The van der Waals surface area contributed by atoms with Gasteiger partial charge in [-0.3, -0.25) is 14.2 Å². The first kappa shape index (κ1) is 20.1. The van der Waals surface area contributed by atoms with Crippen LogP contribution in [-0.4, -0.2) is 21.2 Å². The summed E-state index contributed by atoms with van der Waals surface area (Å²) < 4.78 is 1.58. The summed E-state index contributed by atoms with van der Waals surface area (Å²) in [4.78, 5) is 31.0. The Morgan fingerprint density at radius 1 is 1.13 bits per heavy atom. The van der Waals surface area contributed by atoms with Gasteiger partial charge in [-0.1, -0.05) is 66.4 Å². The average Bonchev–Trinajstić information content (AvgIpc) is 3.20. The van der Waals surface area contributed by atoms with Crippen LogP contribution in [0.2, 0.25) is 0 Å². The lowest BCUT2D eigenvalue weighted by Crippen LogP contribution is -2.23. The normalized spacial score (nSPS) is 10.8. The monoisotopic (exact) mass is 433 g/mol. The molecule has 7 heteroatoms. The van der Waals surface area contributed by atoms with Crippen LogP contribution in [0.3, 0.4) is 0 Å². The fourth-order valence-corrected chi connectivity index (χ4v) is 4.88. The maximum absolute atomic E-state index is 13.3. The van der Waals surface area contributed by atoms with Gasteiger partial charge in [-0.15, -0.1) is 17.9 Å². The molecule has 0 saturated carbocycles. The lowest BCUT2D eigenvalue weighted by Gasteiger charge is -2.11. The molecular weight excluding hydrogens is 414 g/mol. The number of para-hydroxylation sites is 1. The number of amides is 1. The molecule has 5 nitrogen and oxygen atoms in total. The van der Waals surface area contributed by atoms with Crippen LogP contribution in [0, 0.1) is 0 Å². The molecule has 1 amide bonds. The van der Waals surface area contributed by atoms with E-state index in [2.05, 4.69) is 11.9 Å². The van der Waals surface area contributed by atoms with Crippen molar-refractivity contribution in [1.29, 1.82) is 0 Å². The van der Waals surface area contributed by atoms with Crippen molar-refractivity contribution in [2.75, 3.05) is 11.1 Å². The van der Waals surface area contributed by atoms with E-state index in [0.29, 0.717) is 21.9 Å². The van der Waals surface area contributed by atoms with Crippen molar-refractivity contribution < 1.29 is 4.79 Å². The molecule has 1 N–H and O–H groups in total. The molecule has 0 saturated heterocycles. The second-order valence-electron chi connectivity index (χ2n) is 6.50. The maximum atomic E-state index is 13.3. The highest BCUT2D eigenvalue weighted by Gasteiger charge is 2.17. The number of fused-ring (bicyclic) bond motifs is 1. The Labute approximate surface area is 182 Å². The average molecular weight is 434 g/mol. The Kier molecular flexibility index (Phi) is 6.11. The van der Waals surface area contributed by atoms with E-state index in [-0.39, 0.29) is 17.2 Å². The number of hydrogen-bond acceptors (Lipinski definition) is 5. The Bertz CT molecular complexity index is 1250. The second kappa shape index (κ2) is 9.11. The molecular formula is C23H19N3O2S2. The van der Waals surface area contributed by atoms with E-state index in [1.54, 1.807) is 10.6 Å². The number of anilines is 1. The quantitative estimate of drug-likeness (QED) is 0.252. The number of nitrogens with zero attached hydrogens (tertiary/aromatic N) is 2. The predicted molar refractivity (Wildman–Crippen MR) is 125 cm³/mol. The Balaban J connectivity index is 1.65. The molecule has 2 aromatic carbocycles. The van der Waals surface area contributed by atoms with E-state index in [9.17, 15) is 9.59 Å². The largest absolute Gasteiger partial charge is 0.325 e. The molecule has 4 aromatic rings. The zero-order valence-electron chi connectivity index (χ0n) is 16.1. The Hall–Kier alpha value is -3.16. The van der Waals surface area contributed by atoms with Gasteiger partial charge in [0.15, 0.2) is 5.16 Å². The van der Waals surface area contributed by atoms with Gasteiger partial charge >= 0.3 is 0 Å². The van der Waals surface area contributed by atoms with Crippen LogP contribution in [0.4, 0.5) is 5.69 Å². The molecule has 0 atom stereocenters. The van der Waals surface area contributed by atoms with Crippen molar-refractivity contribution in [3.8, 4) is 11.1 Å². The highest BCUT2D eigenvalue weighted by Crippen LogP contribution is 2.32. The lowest BCUT2D eigenvalue weighted by molar-refractivity contribution is -0.113. The lowest BCUT2D eigenvalue weighted by atomic mass is 10.1. The minimum atomic E-state index is -0.151. The summed E-state index contributed by atoms with van der Waals surface area (Å²) in [6, 6.07) is 19.1. The van der Waals surface area contributed by atoms with Gasteiger partial charge in [0.2, 0.25) is 5.91 Å². The van der Waals surface area contributed by atoms with Crippen LogP contribution < -0.4 is 10.9 Å². The zero-order valence-corrected chi connectivity index (χ0v) is 17.7. The van der Waals surface area contributed by atoms with E-state index < -0.39 is 0 Å². The number of benzene rings is 2. The first-order valence-electron chi connectivity index (χ1n) is 9.33. The van der Waals surface area contributed by atoms with Gasteiger partial charge in [-0.05, 0) is 17.7 Å². The van der Waals surface area contributed by atoms with Crippen molar-refractivity contribution in [3.05, 3.63) is 89.1 Å². The van der Waals surface area contributed by atoms with Gasteiger partial charge < -0.3 is 5.32 Å². The molecule has 0 unspecified atom stereocenters. The van der Waals surface area contributed by atoms with E-state index in [4.69, 9.17) is 4.98 Å². The predicted octanol–water partition coefficient (Wildman–Crippen LogP) is 5.04. The fourth-order valence-electron chi connectivity index (χ4n) is 3.08. The van der Waals surface area contributed by atoms with E-state index in [1.807, 2.05) is 66.0 Å². The minimum Gasteiger partial charge on any atom is -0.325 e. The highest BCUT2D eigenvalue weighted by molar-refractivity contribution is 7.99. The number of rotatable bonds is 7. The molecule has 0 aliphatic rings. The molecule has 2 aromatic heterocycles. The molecule has 0 fully saturated rings. The zero-order chi connectivity index (χ0) is 20.9. The standard InChI is InChI=1S/C23H19N3O2S2/c1-2-13-26-22(28)20-18(16-9-5-3-6-10-16)14-29-21(20)25-23(26)30-15-19(27)24-17-11-7-4-8-12-17/h2-12,14H,1,13,15H2,(H,24,27). The summed E-state index contributed by atoms with van der Waals surface area (Å²) in [6.07, 6.45) is 1.66. The molecule has 0 aliphatic heterocycles. The molecule has 30 heavy (non-hydrogen) atoms.